The van der Waals surface area contributed by atoms with Gasteiger partial charge < -0.3 is 9.16 Å². The molecule has 0 N–H and O–H groups in total. The quantitative estimate of drug-likeness (QED) is 0.330. The van der Waals surface area contributed by atoms with Gasteiger partial charge in [-0.05, 0) is 39.9 Å². The van der Waals surface area contributed by atoms with Gasteiger partial charge in [0.1, 0.15) is 0 Å². The normalized spacial score (nSPS) is 17.5. The zero-order valence-electron chi connectivity index (χ0n) is 20.5. The number of benzene rings is 3. The van der Waals surface area contributed by atoms with Crippen LogP contribution in [0.3, 0.4) is 0 Å². The van der Waals surface area contributed by atoms with Gasteiger partial charge in [0.2, 0.25) is 0 Å². The molecule has 0 amide bonds. The minimum Gasteiger partial charge on any atom is -0.482 e. The van der Waals surface area contributed by atoms with E-state index in [0.717, 1.165) is 25.0 Å². The van der Waals surface area contributed by atoms with E-state index in [4.69, 9.17) is 9.16 Å². The summed E-state index contributed by atoms with van der Waals surface area (Å²) in [5.41, 5.74) is 1.17. The Labute approximate surface area is 205 Å². The van der Waals surface area contributed by atoms with E-state index in [1.165, 1.54) is 15.9 Å². The van der Waals surface area contributed by atoms with Crippen molar-refractivity contribution in [1.82, 2.24) is 0 Å². The predicted molar refractivity (Wildman–Crippen MR) is 144 cm³/mol. The number of hydrogen-bond acceptors (Lipinski definition) is 2. The lowest BCUT2D eigenvalue weighted by molar-refractivity contribution is 0.118. The first-order valence-electron chi connectivity index (χ1n) is 12.1. The van der Waals surface area contributed by atoms with Crippen LogP contribution in [0.15, 0.2) is 96.8 Å². The lowest BCUT2D eigenvalue weighted by Gasteiger charge is -2.42. The fraction of sp³-hybridized carbons (Fsp3) is 0.290. The van der Waals surface area contributed by atoms with E-state index in [1.807, 2.05) is 6.07 Å². The van der Waals surface area contributed by atoms with Gasteiger partial charge in [-0.25, -0.2) is 0 Å². The van der Waals surface area contributed by atoms with Gasteiger partial charge >= 0.3 is 0 Å². The van der Waals surface area contributed by atoms with Gasteiger partial charge in [0, 0.05) is 6.42 Å². The van der Waals surface area contributed by atoms with Crippen molar-refractivity contribution in [2.75, 3.05) is 6.61 Å². The molecule has 1 heterocycles. The molecule has 1 unspecified atom stereocenters. The van der Waals surface area contributed by atoms with Crippen molar-refractivity contribution in [3.05, 3.63) is 102 Å². The van der Waals surface area contributed by atoms with Crippen LogP contribution in [0.25, 0.3) is 6.08 Å². The lowest BCUT2D eigenvalue weighted by Crippen LogP contribution is -2.66. The zero-order chi connectivity index (χ0) is 23.9. The fourth-order valence-corrected chi connectivity index (χ4v) is 9.21. The molecule has 0 aromatic heterocycles. The van der Waals surface area contributed by atoms with Crippen molar-refractivity contribution in [3.8, 4) is 11.8 Å². The average Bonchev–Trinajstić information content (AvgIpc) is 2.85. The first kappa shape index (κ1) is 24.1. The Bertz CT molecular complexity index is 1100. The molecule has 0 saturated carbocycles. The largest absolute Gasteiger partial charge is 0.482 e. The van der Waals surface area contributed by atoms with Crippen molar-refractivity contribution in [2.45, 2.75) is 51.2 Å². The second-order valence-electron chi connectivity index (χ2n) is 9.79. The SMILES string of the molecule is CC(C)(C)[Si](OCC#CC1CCC/C(=C\c2ccccc2)O1)(c1ccccc1)c1ccccc1. The van der Waals surface area contributed by atoms with Crippen LogP contribution in [0.5, 0.6) is 0 Å². The van der Waals surface area contributed by atoms with Gasteiger partial charge in [-0.1, -0.05) is 124 Å². The summed E-state index contributed by atoms with van der Waals surface area (Å²) in [5, 5.41) is 2.50. The molecule has 174 valence electrons. The van der Waals surface area contributed by atoms with Gasteiger partial charge in [0.25, 0.3) is 8.32 Å². The van der Waals surface area contributed by atoms with Gasteiger partial charge in [-0.2, -0.15) is 0 Å². The highest BCUT2D eigenvalue weighted by Crippen LogP contribution is 2.36. The Kier molecular flexibility index (Phi) is 7.72. The molecule has 3 aromatic rings. The maximum Gasteiger partial charge on any atom is 0.262 e. The van der Waals surface area contributed by atoms with Crippen LogP contribution in [0, 0.1) is 11.8 Å². The highest BCUT2D eigenvalue weighted by molar-refractivity contribution is 6.99. The van der Waals surface area contributed by atoms with Crippen LogP contribution in [0.1, 0.15) is 45.6 Å². The van der Waals surface area contributed by atoms with Crippen LogP contribution in [-0.4, -0.2) is 21.0 Å². The molecule has 2 nitrogen and oxygen atoms in total. The molecule has 1 aliphatic heterocycles. The molecular formula is C31H34O2Si. The summed E-state index contributed by atoms with van der Waals surface area (Å²) in [7, 11) is -2.56. The van der Waals surface area contributed by atoms with Gasteiger partial charge in [-0.15, -0.1) is 0 Å². The predicted octanol–water partition coefficient (Wildman–Crippen LogP) is 6.18. The Hall–Kier alpha value is -3.06. The summed E-state index contributed by atoms with van der Waals surface area (Å²) < 4.78 is 13.1. The third-order valence-electron chi connectivity index (χ3n) is 6.35. The van der Waals surface area contributed by atoms with Crippen LogP contribution < -0.4 is 10.4 Å². The lowest BCUT2D eigenvalue weighted by atomic mass is 10.1. The molecule has 0 radical (unpaired) electrons. The van der Waals surface area contributed by atoms with Crippen LogP contribution in [0.2, 0.25) is 5.04 Å². The molecule has 34 heavy (non-hydrogen) atoms. The number of rotatable bonds is 5. The summed E-state index contributed by atoms with van der Waals surface area (Å²) in [4.78, 5) is 0. The molecule has 3 heteroatoms. The minimum atomic E-state index is -2.56. The monoisotopic (exact) mass is 466 g/mol. The molecular weight excluding hydrogens is 432 g/mol. The third kappa shape index (κ3) is 5.52. The fourth-order valence-electron chi connectivity index (χ4n) is 4.77. The first-order valence-corrected chi connectivity index (χ1v) is 14.1. The molecule has 0 bridgehead atoms. The minimum absolute atomic E-state index is 0.0513. The Morgan fingerprint density at radius 3 is 2.00 bits per heavy atom. The van der Waals surface area contributed by atoms with E-state index in [1.54, 1.807) is 0 Å². The van der Waals surface area contributed by atoms with Gasteiger partial charge in [0.15, 0.2) is 6.10 Å². The maximum absolute atomic E-state index is 6.87. The molecule has 1 fully saturated rings. The highest BCUT2D eigenvalue weighted by atomic mass is 28.4. The topological polar surface area (TPSA) is 18.5 Å². The first-order chi connectivity index (χ1) is 16.5. The van der Waals surface area contributed by atoms with Crippen molar-refractivity contribution in [3.63, 3.8) is 0 Å². The van der Waals surface area contributed by atoms with E-state index >= 15 is 0 Å². The van der Waals surface area contributed by atoms with Crippen molar-refractivity contribution >= 4 is 24.8 Å². The standard InChI is InChI=1S/C31H34O2Si/c1-31(2,3)34(29-20-9-5-10-21-29,30-22-11-6-12-23-30)32-24-14-19-27-17-13-18-28(33-27)25-26-15-7-4-8-16-26/h4-12,15-16,20-23,25,27H,13,17-18,24H2,1-3H3/b28-25+. The summed E-state index contributed by atoms with van der Waals surface area (Å²) in [6, 6.07) is 31.7. The van der Waals surface area contributed by atoms with Gasteiger partial charge in [0.05, 0.1) is 12.4 Å². The smallest absolute Gasteiger partial charge is 0.262 e. The van der Waals surface area contributed by atoms with Gasteiger partial charge in [-0.3, -0.25) is 0 Å². The second kappa shape index (κ2) is 10.9. The van der Waals surface area contributed by atoms with E-state index < -0.39 is 8.32 Å². The molecule has 0 spiro atoms. The van der Waals surface area contributed by atoms with Crippen molar-refractivity contribution in [2.24, 2.45) is 0 Å². The highest BCUT2D eigenvalue weighted by Gasteiger charge is 2.50. The Morgan fingerprint density at radius 2 is 1.44 bits per heavy atom. The molecule has 3 aromatic carbocycles. The van der Waals surface area contributed by atoms with E-state index in [9.17, 15) is 0 Å². The maximum atomic E-state index is 6.87. The van der Waals surface area contributed by atoms with Crippen molar-refractivity contribution in [1.29, 1.82) is 0 Å². The zero-order valence-corrected chi connectivity index (χ0v) is 21.5. The van der Waals surface area contributed by atoms with E-state index in [-0.39, 0.29) is 11.1 Å². The average molecular weight is 467 g/mol. The number of hydrogen-bond donors (Lipinski definition) is 0. The third-order valence-corrected chi connectivity index (χ3v) is 11.3. The number of allylic oxidation sites excluding steroid dienone is 1. The summed E-state index contributed by atoms with van der Waals surface area (Å²) >= 11 is 0. The molecule has 0 aliphatic carbocycles. The molecule has 1 atom stereocenters. The van der Waals surface area contributed by atoms with Crippen LogP contribution in [0.4, 0.5) is 0 Å². The summed E-state index contributed by atoms with van der Waals surface area (Å²) in [6.45, 7) is 7.26. The van der Waals surface area contributed by atoms with Crippen LogP contribution in [-0.2, 0) is 9.16 Å². The van der Waals surface area contributed by atoms with Crippen LogP contribution >= 0.6 is 0 Å². The number of ether oxygens (including phenoxy) is 1. The molecule has 1 saturated heterocycles. The molecule has 1 aliphatic rings. The Balaban J connectivity index is 1.54. The van der Waals surface area contributed by atoms with E-state index in [2.05, 4.69) is 124 Å². The summed E-state index contributed by atoms with van der Waals surface area (Å²) in [6.07, 6.45) is 5.07. The summed E-state index contributed by atoms with van der Waals surface area (Å²) in [5.74, 6) is 7.68. The Morgan fingerprint density at radius 1 is 0.882 bits per heavy atom. The second-order valence-corrected chi connectivity index (χ2v) is 14.1. The molecule has 4 rings (SSSR count). The van der Waals surface area contributed by atoms with Crippen molar-refractivity contribution < 1.29 is 9.16 Å². The van der Waals surface area contributed by atoms with E-state index in [0.29, 0.717) is 6.61 Å².